The summed E-state index contributed by atoms with van der Waals surface area (Å²) < 4.78 is 1.88. The van der Waals surface area contributed by atoms with Gasteiger partial charge in [0.2, 0.25) is 0 Å². The highest BCUT2D eigenvalue weighted by atomic mass is 32.1. The highest BCUT2D eigenvalue weighted by molar-refractivity contribution is 7.09. The minimum Gasteiger partial charge on any atom is -0.250 e. The second-order valence-electron chi connectivity index (χ2n) is 4.88. The first-order valence-corrected chi connectivity index (χ1v) is 6.13. The van der Waals surface area contributed by atoms with Gasteiger partial charge in [0.1, 0.15) is 6.33 Å². The molecule has 0 saturated heterocycles. The molecule has 2 aromatic rings. The zero-order valence-electron chi connectivity index (χ0n) is 10.1. The molecule has 2 aromatic heterocycles. The van der Waals surface area contributed by atoms with Gasteiger partial charge in [0.25, 0.3) is 0 Å². The van der Waals surface area contributed by atoms with Crippen molar-refractivity contribution in [3.8, 4) is 0 Å². The van der Waals surface area contributed by atoms with Gasteiger partial charge in [0.05, 0.1) is 17.7 Å². The maximum atomic E-state index is 4.48. The Morgan fingerprint density at radius 3 is 2.56 bits per heavy atom. The fourth-order valence-electron chi connectivity index (χ4n) is 1.34. The molecule has 0 fully saturated rings. The van der Waals surface area contributed by atoms with Gasteiger partial charge >= 0.3 is 0 Å². The van der Waals surface area contributed by atoms with Crippen LogP contribution in [0.2, 0.25) is 0 Å². The molecule has 0 aliphatic carbocycles. The minimum absolute atomic E-state index is 0.00793. The molecule has 0 radical (unpaired) electrons. The second kappa shape index (κ2) is 3.97. The van der Waals surface area contributed by atoms with Crippen LogP contribution in [0.5, 0.6) is 0 Å². The van der Waals surface area contributed by atoms with E-state index in [2.05, 4.69) is 35.8 Å². The van der Waals surface area contributed by atoms with Crippen LogP contribution in [0.3, 0.4) is 0 Å². The Balaban J connectivity index is 2.18. The molecule has 0 amide bonds. The normalized spacial score (nSPS) is 12.0. The van der Waals surface area contributed by atoms with Crippen molar-refractivity contribution in [3.63, 3.8) is 0 Å². The largest absolute Gasteiger partial charge is 0.250 e. The van der Waals surface area contributed by atoms with E-state index in [0.717, 1.165) is 18.1 Å². The Morgan fingerprint density at radius 2 is 2.06 bits per heavy atom. The standard InChI is InChI=1S/C11H16N4S/c1-8-9(16-7-13-8)5-15-6-12-10(14-15)11(2,3)4/h6-7H,5H2,1-4H3. The summed E-state index contributed by atoms with van der Waals surface area (Å²) in [5.74, 6) is 0.884. The fraction of sp³-hybridized carbons (Fsp3) is 0.545. The Hall–Kier alpha value is -1.23. The van der Waals surface area contributed by atoms with Crippen LogP contribution in [-0.2, 0) is 12.0 Å². The lowest BCUT2D eigenvalue weighted by Crippen LogP contribution is -2.14. The number of rotatable bonds is 2. The van der Waals surface area contributed by atoms with E-state index in [1.165, 1.54) is 4.88 Å². The van der Waals surface area contributed by atoms with Crippen molar-refractivity contribution < 1.29 is 0 Å². The van der Waals surface area contributed by atoms with Crippen molar-refractivity contribution >= 4 is 11.3 Å². The zero-order chi connectivity index (χ0) is 11.8. The summed E-state index contributed by atoms with van der Waals surface area (Å²) in [6.45, 7) is 9.13. The summed E-state index contributed by atoms with van der Waals surface area (Å²) in [6, 6.07) is 0. The predicted octanol–water partition coefficient (Wildman–Crippen LogP) is 2.39. The molecule has 0 unspecified atom stereocenters. The molecule has 0 spiro atoms. The van der Waals surface area contributed by atoms with Gasteiger partial charge in [-0.15, -0.1) is 11.3 Å². The van der Waals surface area contributed by atoms with Crippen LogP contribution in [0.25, 0.3) is 0 Å². The number of nitrogens with zero attached hydrogens (tertiary/aromatic N) is 4. The third-order valence-corrected chi connectivity index (χ3v) is 3.28. The maximum absolute atomic E-state index is 4.48. The van der Waals surface area contributed by atoms with Crippen LogP contribution in [0.4, 0.5) is 0 Å². The quantitative estimate of drug-likeness (QED) is 0.804. The van der Waals surface area contributed by atoms with Crippen LogP contribution in [0.1, 0.15) is 37.2 Å². The first-order valence-electron chi connectivity index (χ1n) is 5.26. The summed E-state index contributed by atoms with van der Waals surface area (Å²) in [6.07, 6.45) is 1.79. The topological polar surface area (TPSA) is 43.6 Å². The van der Waals surface area contributed by atoms with Gasteiger partial charge in [-0.1, -0.05) is 20.8 Å². The number of aryl methyl sites for hydroxylation is 1. The maximum Gasteiger partial charge on any atom is 0.155 e. The number of hydrogen-bond donors (Lipinski definition) is 0. The Bertz CT molecular complexity index is 478. The highest BCUT2D eigenvalue weighted by Crippen LogP contribution is 2.18. The van der Waals surface area contributed by atoms with Gasteiger partial charge in [-0.05, 0) is 6.92 Å². The molecular weight excluding hydrogens is 220 g/mol. The predicted molar refractivity (Wildman–Crippen MR) is 64.7 cm³/mol. The summed E-state index contributed by atoms with van der Waals surface area (Å²) in [4.78, 5) is 9.80. The molecule has 5 heteroatoms. The summed E-state index contributed by atoms with van der Waals surface area (Å²) in [5.41, 5.74) is 2.96. The fourth-order valence-corrected chi connectivity index (χ4v) is 2.11. The van der Waals surface area contributed by atoms with Gasteiger partial charge in [-0.25, -0.2) is 14.6 Å². The number of aromatic nitrogens is 4. The molecule has 0 saturated carbocycles. The molecule has 2 heterocycles. The lowest BCUT2D eigenvalue weighted by Gasteiger charge is -2.12. The summed E-state index contributed by atoms with van der Waals surface area (Å²) in [7, 11) is 0. The van der Waals surface area contributed by atoms with Crippen LogP contribution in [-0.4, -0.2) is 19.7 Å². The van der Waals surface area contributed by atoms with E-state index in [0.29, 0.717) is 0 Å². The van der Waals surface area contributed by atoms with E-state index in [1.54, 1.807) is 17.7 Å². The molecular formula is C11H16N4S. The SMILES string of the molecule is Cc1ncsc1Cn1cnc(C(C)(C)C)n1. The molecule has 0 bridgehead atoms. The monoisotopic (exact) mass is 236 g/mol. The lowest BCUT2D eigenvalue weighted by molar-refractivity contribution is 0.533. The number of hydrogen-bond acceptors (Lipinski definition) is 4. The van der Waals surface area contributed by atoms with Crippen LogP contribution in [0.15, 0.2) is 11.8 Å². The van der Waals surface area contributed by atoms with E-state index in [-0.39, 0.29) is 5.41 Å². The lowest BCUT2D eigenvalue weighted by atomic mass is 9.96. The Labute approximate surface area is 99.4 Å². The minimum atomic E-state index is 0.00793. The van der Waals surface area contributed by atoms with Crippen molar-refractivity contribution in [2.45, 2.75) is 39.7 Å². The third kappa shape index (κ3) is 2.29. The first kappa shape index (κ1) is 11.3. The van der Waals surface area contributed by atoms with E-state index in [4.69, 9.17) is 0 Å². The second-order valence-corrected chi connectivity index (χ2v) is 5.82. The van der Waals surface area contributed by atoms with Gasteiger partial charge in [0.15, 0.2) is 5.82 Å². The Kier molecular flexibility index (Phi) is 2.80. The van der Waals surface area contributed by atoms with E-state index in [1.807, 2.05) is 17.1 Å². The van der Waals surface area contributed by atoms with Gasteiger partial charge in [0, 0.05) is 10.3 Å². The van der Waals surface area contributed by atoms with Crippen molar-refractivity contribution in [3.05, 3.63) is 28.2 Å². The van der Waals surface area contributed by atoms with Crippen LogP contribution >= 0.6 is 11.3 Å². The van der Waals surface area contributed by atoms with Gasteiger partial charge in [-0.2, -0.15) is 5.10 Å². The zero-order valence-corrected chi connectivity index (χ0v) is 10.9. The molecule has 0 atom stereocenters. The van der Waals surface area contributed by atoms with Crippen molar-refractivity contribution in [2.75, 3.05) is 0 Å². The Morgan fingerprint density at radius 1 is 1.31 bits per heavy atom. The third-order valence-electron chi connectivity index (χ3n) is 2.36. The van der Waals surface area contributed by atoms with Crippen LogP contribution < -0.4 is 0 Å². The molecule has 0 aliphatic heterocycles. The number of thiazole rings is 1. The van der Waals surface area contributed by atoms with E-state index >= 15 is 0 Å². The van der Waals surface area contributed by atoms with Crippen molar-refractivity contribution in [1.29, 1.82) is 0 Å². The smallest absolute Gasteiger partial charge is 0.155 e. The summed E-state index contributed by atoms with van der Waals surface area (Å²) >= 11 is 1.66. The van der Waals surface area contributed by atoms with Gasteiger partial charge in [-0.3, -0.25) is 0 Å². The molecule has 0 aliphatic rings. The first-order chi connectivity index (χ1) is 7.47. The molecule has 0 N–H and O–H groups in total. The van der Waals surface area contributed by atoms with E-state index in [9.17, 15) is 0 Å². The summed E-state index contributed by atoms with van der Waals surface area (Å²) in [5, 5.41) is 4.48. The molecule has 86 valence electrons. The molecule has 16 heavy (non-hydrogen) atoms. The molecule has 4 nitrogen and oxygen atoms in total. The van der Waals surface area contributed by atoms with Crippen LogP contribution in [0, 0.1) is 6.92 Å². The van der Waals surface area contributed by atoms with E-state index < -0.39 is 0 Å². The molecule has 0 aromatic carbocycles. The molecule has 2 rings (SSSR count). The average Bonchev–Trinajstić information content (AvgIpc) is 2.76. The van der Waals surface area contributed by atoms with Crippen molar-refractivity contribution in [1.82, 2.24) is 19.7 Å². The van der Waals surface area contributed by atoms with Gasteiger partial charge < -0.3 is 0 Å². The van der Waals surface area contributed by atoms with Crippen molar-refractivity contribution in [2.24, 2.45) is 0 Å². The highest BCUT2D eigenvalue weighted by Gasteiger charge is 2.18. The average molecular weight is 236 g/mol.